The van der Waals surface area contributed by atoms with E-state index in [1.54, 1.807) is 0 Å². The zero-order valence-electron chi connectivity index (χ0n) is 7.84. The lowest BCUT2D eigenvalue weighted by atomic mass is 10.2. The van der Waals surface area contributed by atoms with E-state index in [9.17, 15) is 0 Å². The molecule has 15 heavy (non-hydrogen) atoms. The molecule has 0 fully saturated rings. The molecule has 0 radical (unpaired) electrons. The van der Waals surface area contributed by atoms with Crippen LogP contribution in [0, 0.1) is 0 Å². The summed E-state index contributed by atoms with van der Waals surface area (Å²) in [7, 11) is 0. The molecule has 1 aromatic heterocycles. The molecule has 0 spiro atoms. The molecule has 0 aliphatic carbocycles. The second-order valence-electron chi connectivity index (χ2n) is 3.09. The Morgan fingerprint density at radius 2 is 1.13 bits per heavy atom. The molecular formula is C12H8OS2. The zero-order chi connectivity index (χ0) is 10.7. The number of thiophene rings is 1. The first-order chi connectivity index (χ1) is 7.45. The quantitative estimate of drug-likeness (QED) is 0.587. The van der Waals surface area contributed by atoms with Crippen LogP contribution in [0.3, 0.4) is 0 Å². The van der Waals surface area contributed by atoms with Crippen molar-refractivity contribution in [3.8, 4) is 0 Å². The third-order valence-electron chi connectivity index (χ3n) is 2.28. The van der Waals surface area contributed by atoms with E-state index in [-0.39, 0.29) is 0 Å². The predicted molar refractivity (Wildman–Crippen MR) is 67.5 cm³/mol. The Bertz CT molecular complexity index is 536. The number of hydrogen-bond donors (Lipinski definition) is 0. The van der Waals surface area contributed by atoms with Gasteiger partial charge in [0.25, 0.3) is 0 Å². The van der Waals surface area contributed by atoms with Crippen LogP contribution in [-0.4, -0.2) is 4.21 Å². The van der Waals surface area contributed by atoms with Gasteiger partial charge in [0, 0.05) is 20.2 Å². The van der Waals surface area contributed by atoms with Gasteiger partial charge < -0.3 is 0 Å². The molecule has 3 rings (SSSR count). The summed E-state index contributed by atoms with van der Waals surface area (Å²) in [6.45, 7) is 0. The van der Waals surface area contributed by atoms with Crippen LogP contribution in [0.4, 0.5) is 0 Å². The molecule has 0 amide bonds. The molecule has 0 saturated heterocycles. The number of benzene rings is 2. The molecule has 0 atom stereocenters. The van der Waals surface area contributed by atoms with E-state index in [1.807, 2.05) is 11.3 Å². The van der Waals surface area contributed by atoms with Crippen LogP contribution in [0.5, 0.6) is 0 Å². The van der Waals surface area contributed by atoms with Crippen molar-refractivity contribution in [2.45, 2.75) is 0 Å². The average Bonchev–Trinajstić information content (AvgIpc) is 2.70. The monoisotopic (exact) mass is 232 g/mol. The van der Waals surface area contributed by atoms with Crippen LogP contribution in [-0.2, 0) is 12.5 Å². The van der Waals surface area contributed by atoms with Crippen LogP contribution in [0.2, 0.25) is 0 Å². The molecule has 0 bridgehead atoms. The Morgan fingerprint density at radius 3 is 1.60 bits per heavy atom. The van der Waals surface area contributed by atoms with Gasteiger partial charge in [0.1, 0.15) is 0 Å². The first-order valence-electron chi connectivity index (χ1n) is 4.48. The fourth-order valence-corrected chi connectivity index (χ4v) is 2.78. The molecule has 1 nitrogen and oxygen atoms in total. The second-order valence-corrected chi connectivity index (χ2v) is 4.18. The summed E-state index contributed by atoms with van der Waals surface area (Å²) in [5.41, 5.74) is 0. The maximum Gasteiger partial charge on any atom is 0.197 e. The Morgan fingerprint density at radius 1 is 0.733 bits per heavy atom. The van der Waals surface area contributed by atoms with Gasteiger partial charge in [-0.3, -0.25) is 0 Å². The highest BCUT2D eigenvalue weighted by Crippen LogP contribution is 2.32. The summed E-state index contributed by atoms with van der Waals surface area (Å²) in [5.74, 6) is 0. The van der Waals surface area contributed by atoms with E-state index in [2.05, 4.69) is 61.1 Å². The fraction of sp³-hybridized carbons (Fsp3) is 0. The number of hydrogen-bond acceptors (Lipinski definition) is 3. The highest BCUT2D eigenvalue weighted by atomic mass is 32.1. The fourth-order valence-electron chi connectivity index (χ4n) is 1.67. The summed E-state index contributed by atoms with van der Waals surface area (Å²) in [6.07, 6.45) is 0. The smallest absolute Gasteiger partial charge is 0.197 e. The molecule has 0 aliphatic heterocycles. The average molecular weight is 232 g/mol. The SMILES string of the molecule is O=S.c1ccc2c(c1)sc1ccccc12. The van der Waals surface area contributed by atoms with Crippen molar-refractivity contribution >= 4 is 44.0 Å². The van der Waals surface area contributed by atoms with Crippen molar-refractivity contribution in [1.29, 1.82) is 0 Å². The number of rotatable bonds is 0. The minimum absolute atomic E-state index is 1.38. The van der Waals surface area contributed by atoms with Gasteiger partial charge in [-0.05, 0) is 12.1 Å². The zero-order valence-corrected chi connectivity index (χ0v) is 9.48. The summed E-state index contributed by atoms with van der Waals surface area (Å²) in [5, 5.41) is 2.76. The highest BCUT2D eigenvalue weighted by Gasteiger charge is 2.01. The summed E-state index contributed by atoms with van der Waals surface area (Å²) in [6, 6.07) is 17.1. The molecule has 1 heterocycles. The third kappa shape index (κ3) is 1.76. The van der Waals surface area contributed by atoms with E-state index < -0.39 is 0 Å². The van der Waals surface area contributed by atoms with Crippen LogP contribution in [0.1, 0.15) is 0 Å². The van der Waals surface area contributed by atoms with Crippen LogP contribution >= 0.6 is 11.3 Å². The lowest BCUT2D eigenvalue weighted by molar-refractivity contribution is 0.702. The Kier molecular flexibility index (Phi) is 3.04. The van der Waals surface area contributed by atoms with E-state index in [1.165, 1.54) is 20.2 Å². The van der Waals surface area contributed by atoms with Gasteiger partial charge in [-0.2, -0.15) is 4.21 Å². The molecule has 0 saturated carbocycles. The van der Waals surface area contributed by atoms with Gasteiger partial charge in [-0.1, -0.05) is 36.4 Å². The first-order valence-corrected chi connectivity index (χ1v) is 5.63. The van der Waals surface area contributed by atoms with E-state index in [4.69, 9.17) is 4.21 Å². The van der Waals surface area contributed by atoms with Gasteiger partial charge in [-0.25, -0.2) is 0 Å². The summed E-state index contributed by atoms with van der Waals surface area (Å²) in [4.78, 5) is 0. The van der Waals surface area contributed by atoms with Crippen molar-refractivity contribution in [2.75, 3.05) is 0 Å². The van der Waals surface area contributed by atoms with Crippen LogP contribution < -0.4 is 0 Å². The molecule has 0 aliphatic rings. The van der Waals surface area contributed by atoms with Gasteiger partial charge in [-0.15, -0.1) is 11.3 Å². The maximum atomic E-state index is 7.83. The van der Waals surface area contributed by atoms with Gasteiger partial charge in [0.05, 0.1) is 0 Å². The normalized spacial score (nSPS) is 9.87. The van der Waals surface area contributed by atoms with Gasteiger partial charge in [0.2, 0.25) is 0 Å². The van der Waals surface area contributed by atoms with Crippen molar-refractivity contribution in [1.82, 2.24) is 0 Å². The van der Waals surface area contributed by atoms with Gasteiger partial charge in [0.15, 0.2) is 12.5 Å². The molecule has 2 aromatic carbocycles. The van der Waals surface area contributed by atoms with Gasteiger partial charge >= 0.3 is 0 Å². The van der Waals surface area contributed by atoms with E-state index >= 15 is 0 Å². The molecule has 0 unspecified atom stereocenters. The van der Waals surface area contributed by atoms with Crippen molar-refractivity contribution in [3.05, 3.63) is 48.5 Å². The lowest BCUT2D eigenvalue weighted by Crippen LogP contribution is -1.62. The predicted octanol–water partition coefficient (Wildman–Crippen LogP) is 3.72. The second kappa shape index (κ2) is 4.47. The topological polar surface area (TPSA) is 17.1 Å². The lowest BCUT2D eigenvalue weighted by Gasteiger charge is -1.88. The minimum atomic E-state index is 1.38. The molecule has 3 aromatic rings. The number of fused-ring (bicyclic) bond motifs is 3. The highest BCUT2D eigenvalue weighted by molar-refractivity contribution is 7.44. The van der Waals surface area contributed by atoms with E-state index in [0.717, 1.165) is 0 Å². The van der Waals surface area contributed by atoms with Crippen molar-refractivity contribution in [3.63, 3.8) is 0 Å². The van der Waals surface area contributed by atoms with Crippen molar-refractivity contribution in [2.24, 2.45) is 0 Å². The summed E-state index contributed by atoms with van der Waals surface area (Å²) >= 11 is 4.69. The third-order valence-corrected chi connectivity index (χ3v) is 3.44. The Balaban J connectivity index is 0.000000404. The summed E-state index contributed by atoms with van der Waals surface area (Å²) < 4.78 is 10.6. The van der Waals surface area contributed by atoms with E-state index in [0.29, 0.717) is 0 Å². The molecule has 74 valence electrons. The van der Waals surface area contributed by atoms with Crippen molar-refractivity contribution < 1.29 is 4.21 Å². The van der Waals surface area contributed by atoms with Crippen LogP contribution in [0.15, 0.2) is 48.5 Å². The Hall–Kier alpha value is -1.32. The largest absolute Gasteiger partial charge is 0.197 e. The first kappa shape index (κ1) is 10.2. The standard InChI is InChI=1S/C12H8S.OS/c1-3-7-11-9(5-1)10-6-2-4-8-12(10)13-11;1-2/h1-8H;. The molecule has 3 heteroatoms. The molecule has 0 N–H and O–H groups in total. The minimum Gasteiger partial charge on any atom is -0.197 e. The van der Waals surface area contributed by atoms with Crippen LogP contribution in [0.25, 0.3) is 20.2 Å². The maximum absolute atomic E-state index is 7.83. The molecular weight excluding hydrogens is 224 g/mol. The Labute approximate surface area is 96.9 Å².